The van der Waals surface area contributed by atoms with E-state index in [4.69, 9.17) is 18.0 Å². The molecule has 1 atom stereocenters. The molecule has 0 aromatic heterocycles. The average Bonchev–Trinajstić information content (AvgIpc) is 2.33. The highest BCUT2D eigenvalue weighted by molar-refractivity contribution is 7.80. The minimum atomic E-state index is 0.339. The Morgan fingerprint density at radius 1 is 1.18 bits per heavy atom. The molecular formula is C14H26N2S. The minimum Gasteiger partial charge on any atom is -0.392 e. The molecule has 0 aromatic carbocycles. The first-order chi connectivity index (χ1) is 8.17. The molecule has 1 spiro atoms. The lowest BCUT2D eigenvalue weighted by atomic mass is 9.68. The van der Waals surface area contributed by atoms with E-state index in [9.17, 15) is 0 Å². The third-order valence-corrected chi connectivity index (χ3v) is 5.20. The zero-order valence-electron chi connectivity index (χ0n) is 11.1. The predicted octanol–water partition coefficient (Wildman–Crippen LogP) is 3.10. The maximum Gasteiger partial charge on any atom is 0.0901 e. The van der Waals surface area contributed by atoms with Crippen LogP contribution in [0.4, 0.5) is 0 Å². The lowest BCUT2D eigenvalue weighted by Crippen LogP contribution is -2.50. The highest BCUT2D eigenvalue weighted by atomic mass is 32.1. The molecular weight excluding hydrogens is 228 g/mol. The van der Waals surface area contributed by atoms with Crippen LogP contribution in [0, 0.1) is 5.41 Å². The fourth-order valence-corrected chi connectivity index (χ4v) is 4.07. The topological polar surface area (TPSA) is 29.3 Å². The second-order valence-corrected chi connectivity index (χ2v) is 6.39. The highest BCUT2D eigenvalue weighted by Gasteiger charge is 2.37. The quantitative estimate of drug-likeness (QED) is 0.785. The lowest BCUT2D eigenvalue weighted by molar-refractivity contribution is 0.0580. The third kappa shape index (κ3) is 3.00. The highest BCUT2D eigenvalue weighted by Crippen LogP contribution is 2.44. The Morgan fingerprint density at radius 3 is 2.24 bits per heavy atom. The largest absolute Gasteiger partial charge is 0.392 e. The van der Waals surface area contributed by atoms with Gasteiger partial charge in [0.2, 0.25) is 0 Å². The molecule has 1 unspecified atom stereocenters. The molecule has 2 nitrogen and oxygen atoms in total. The van der Waals surface area contributed by atoms with Crippen LogP contribution in [0.25, 0.3) is 0 Å². The molecule has 2 N–H and O–H groups in total. The zero-order valence-corrected chi connectivity index (χ0v) is 11.9. The van der Waals surface area contributed by atoms with E-state index in [1.807, 2.05) is 0 Å². The second kappa shape index (κ2) is 5.66. The normalized spacial score (nSPS) is 26.9. The molecule has 1 saturated heterocycles. The molecule has 2 aliphatic rings. The summed E-state index contributed by atoms with van der Waals surface area (Å²) in [5, 5.41) is 0. The van der Waals surface area contributed by atoms with Crippen molar-refractivity contribution >= 4 is 17.2 Å². The molecule has 98 valence electrons. The van der Waals surface area contributed by atoms with Crippen molar-refractivity contribution in [3.05, 3.63) is 0 Å². The number of likely N-dealkylation sites (tertiary alicyclic amines) is 1. The van der Waals surface area contributed by atoms with E-state index in [1.54, 1.807) is 0 Å². The molecule has 1 heterocycles. The van der Waals surface area contributed by atoms with Crippen molar-refractivity contribution in [1.29, 1.82) is 0 Å². The molecule has 2 fully saturated rings. The van der Waals surface area contributed by atoms with Crippen molar-refractivity contribution in [2.75, 3.05) is 13.1 Å². The Balaban J connectivity index is 1.90. The zero-order chi connectivity index (χ0) is 12.3. The number of nitrogens with zero attached hydrogens (tertiary/aromatic N) is 1. The standard InChI is InChI=1S/C14H26N2S/c1-2-12(13(15)17)16-10-8-14(9-11-16)6-4-3-5-7-14/h12H,2-11H2,1H3,(H2,15,17). The minimum absolute atomic E-state index is 0.339. The van der Waals surface area contributed by atoms with E-state index in [1.165, 1.54) is 58.0 Å². The van der Waals surface area contributed by atoms with Gasteiger partial charge in [-0.05, 0) is 50.6 Å². The molecule has 2 rings (SSSR count). The third-order valence-electron chi connectivity index (χ3n) is 4.93. The van der Waals surface area contributed by atoms with E-state index >= 15 is 0 Å². The Morgan fingerprint density at radius 2 is 1.76 bits per heavy atom. The van der Waals surface area contributed by atoms with Gasteiger partial charge in [-0.15, -0.1) is 0 Å². The van der Waals surface area contributed by atoms with E-state index in [0.29, 0.717) is 16.4 Å². The molecule has 1 saturated carbocycles. The molecule has 3 heteroatoms. The van der Waals surface area contributed by atoms with Gasteiger partial charge in [0.15, 0.2) is 0 Å². The Labute approximate surface area is 111 Å². The van der Waals surface area contributed by atoms with E-state index in [2.05, 4.69) is 11.8 Å². The van der Waals surface area contributed by atoms with Gasteiger partial charge < -0.3 is 5.73 Å². The Hall–Kier alpha value is -0.150. The molecule has 0 amide bonds. The van der Waals surface area contributed by atoms with Gasteiger partial charge in [0.05, 0.1) is 11.0 Å². The summed E-state index contributed by atoms with van der Waals surface area (Å²) in [6.45, 7) is 4.60. The van der Waals surface area contributed by atoms with Gasteiger partial charge >= 0.3 is 0 Å². The number of hydrogen-bond acceptors (Lipinski definition) is 2. The smallest absolute Gasteiger partial charge is 0.0901 e. The average molecular weight is 254 g/mol. The maximum absolute atomic E-state index is 5.84. The van der Waals surface area contributed by atoms with Gasteiger partial charge in [-0.25, -0.2) is 0 Å². The SMILES string of the molecule is CCC(C(N)=S)N1CCC2(CCCCC2)CC1. The van der Waals surface area contributed by atoms with Crippen molar-refractivity contribution in [2.24, 2.45) is 11.1 Å². The summed E-state index contributed by atoms with van der Waals surface area (Å²) in [5.41, 5.74) is 6.52. The van der Waals surface area contributed by atoms with Gasteiger partial charge in [-0.3, -0.25) is 4.90 Å². The summed E-state index contributed by atoms with van der Waals surface area (Å²) in [6, 6.07) is 0.339. The van der Waals surface area contributed by atoms with Gasteiger partial charge in [0.1, 0.15) is 0 Å². The fourth-order valence-electron chi connectivity index (χ4n) is 3.75. The number of rotatable bonds is 3. The number of hydrogen-bond donors (Lipinski definition) is 1. The summed E-state index contributed by atoms with van der Waals surface area (Å²) in [6.07, 6.45) is 11.1. The monoisotopic (exact) mass is 254 g/mol. The van der Waals surface area contributed by atoms with Crippen molar-refractivity contribution < 1.29 is 0 Å². The van der Waals surface area contributed by atoms with Crippen LogP contribution in [0.2, 0.25) is 0 Å². The summed E-state index contributed by atoms with van der Waals surface area (Å²) >= 11 is 5.18. The molecule has 1 aliphatic carbocycles. The van der Waals surface area contributed by atoms with Crippen LogP contribution in [-0.2, 0) is 0 Å². The van der Waals surface area contributed by atoms with Crippen molar-refractivity contribution in [3.8, 4) is 0 Å². The lowest BCUT2D eigenvalue weighted by Gasteiger charge is -2.46. The predicted molar refractivity (Wildman–Crippen MR) is 77.2 cm³/mol. The first-order valence-corrected chi connectivity index (χ1v) is 7.61. The molecule has 17 heavy (non-hydrogen) atoms. The number of nitrogens with two attached hydrogens (primary N) is 1. The van der Waals surface area contributed by atoms with Crippen molar-refractivity contribution in [3.63, 3.8) is 0 Å². The first-order valence-electron chi connectivity index (χ1n) is 7.20. The van der Waals surface area contributed by atoms with Gasteiger partial charge in [-0.2, -0.15) is 0 Å². The van der Waals surface area contributed by atoms with Crippen LogP contribution in [0.1, 0.15) is 58.3 Å². The van der Waals surface area contributed by atoms with Crippen molar-refractivity contribution in [1.82, 2.24) is 4.90 Å². The summed E-state index contributed by atoms with van der Waals surface area (Å²) in [4.78, 5) is 3.20. The van der Waals surface area contributed by atoms with Gasteiger partial charge in [-0.1, -0.05) is 38.4 Å². The van der Waals surface area contributed by atoms with Crippen LogP contribution in [0.5, 0.6) is 0 Å². The van der Waals surface area contributed by atoms with E-state index in [-0.39, 0.29) is 0 Å². The molecule has 0 radical (unpaired) electrons. The Kier molecular flexibility index (Phi) is 4.42. The van der Waals surface area contributed by atoms with Gasteiger partial charge in [0.25, 0.3) is 0 Å². The maximum atomic E-state index is 5.84. The summed E-state index contributed by atoms with van der Waals surface area (Å²) in [5.74, 6) is 0. The van der Waals surface area contributed by atoms with Crippen LogP contribution in [0.3, 0.4) is 0 Å². The molecule has 0 bridgehead atoms. The Bertz CT molecular complexity index is 261. The van der Waals surface area contributed by atoms with Crippen molar-refractivity contribution in [2.45, 2.75) is 64.3 Å². The van der Waals surface area contributed by atoms with Crippen LogP contribution >= 0.6 is 12.2 Å². The van der Waals surface area contributed by atoms with Crippen LogP contribution in [0.15, 0.2) is 0 Å². The summed E-state index contributed by atoms with van der Waals surface area (Å²) in [7, 11) is 0. The molecule has 1 aliphatic heterocycles. The van der Waals surface area contributed by atoms with E-state index in [0.717, 1.165) is 6.42 Å². The first kappa shape index (κ1) is 13.3. The molecule has 0 aromatic rings. The van der Waals surface area contributed by atoms with E-state index < -0.39 is 0 Å². The number of piperidine rings is 1. The fraction of sp³-hybridized carbons (Fsp3) is 0.929. The van der Waals surface area contributed by atoms with Gasteiger partial charge in [0, 0.05) is 0 Å². The number of thiocarbonyl (C=S) groups is 1. The summed E-state index contributed by atoms with van der Waals surface area (Å²) < 4.78 is 0. The van der Waals surface area contributed by atoms with Crippen LogP contribution in [-0.4, -0.2) is 29.0 Å². The van der Waals surface area contributed by atoms with Crippen LogP contribution < -0.4 is 5.73 Å². The second-order valence-electron chi connectivity index (χ2n) is 5.92.